The second-order valence-electron chi connectivity index (χ2n) is 11.2. The molecule has 0 bridgehead atoms. The molecular formula is C31H33N3O6S2. The van der Waals surface area contributed by atoms with Gasteiger partial charge in [0.05, 0.1) is 17.5 Å². The van der Waals surface area contributed by atoms with Gasteiger partial charge in [-0.2, -0.15) is 4.99 Å². The van der Waals surface area contributed by atoms with Gasteiger partial charge in [0, 0.05) is 17.4 Å². The highest BCUT2D eigenvalue weighted by molar-refractivity contribution is 8.16. The van der Waals surface area contributed by atoms with Crippen molar-refractivity contribution in [3.63, 3.8) is 0 Å². The average Bonchev–Trinajstić information content (AvgIpc) is 3.39. The molecule has 0 aliphatic carbocycles. The van der Waals surface area contributed by atoms with Crippen LogP contribution < -0.4 is 15.0 Å². The van der Waals surface area contributed by atoms with Crippen molar-refractivity contribution >= 4 is 44.5 Å². The maximum absolute atomic E-state index is 13.6. The van der Waals surface area contributed by atoms with Crippen LogP contribution >= 0.6 is 11.8 Å². The van der Waals surface area contributed by atoms with Crippen molar-refractivity contribution in [3.05, 3.63) is 90.5 Å². The number of hydrogen-bond acceptors (Lipinski definition) is 7. The number of nitrogens with zero attached hydrogens (tertiary/aromatic N) is 2. The van der Waals surface area contributed by atoms with Crippen LogP contribution in [0.1, 0.15) is 26.3 Å². The van der Waals surface area contributed by atoms with Gasteiger partial charge in [0.25, 0.3) is 5.91 Å². The lowest BCUT2D eigenvalue weighted by atomic mass is 10.1. The molecule has 3 atom stereocenters. The number of sulfone groups is 1. The van der Waals surface area contributed by atoms with Crippen molar-refractivity contribution in [3.8, 4) is 11.5 Å². The minimum Gasteiger partial charge on any atom is -0.457 e. The van der Waals surface area contributed by atoms with Crippen molar-refractivity contribution in [1.82, 2.24) is 5.32 Å². The van der Waals surface area contributed by atoms with Crippen LogP contribution in [-0.4, -0.2) is 60.0 Å². The zero-order chi connectivity index (χ0) is 29.9. The standard InChI is InChI=1S/C31H33N3O6S2/c1-31(2,3)40-30(36)32-25(18-21-10-6-4-7-11-21)28(35)33-29-34(26-19-42(37,38)20-27(26)41-29)22-14-16-24(17-15-22)39-23-12-8-5-9-13-23/h4-17,25-27H,18-20H2,1-3H3,(H,32,36)/t25-,26+,27-/m0/s1. The van der Waals surface area contributed by atoms with Gasteiger partial charge in [-0.3, -0.25) is 4.79 Å². The molecule has 42 heavy (non-hydrogen) atoms. The number of carbonyl (C=O) groups is 2. The molecule has 3 aromatic rings. The Morgan fingerprint density at radius 1 is 0.952 bits per heavy atom. The highest BCUT2D eigenvalue weighted by atomic mass is 32.2. The Hall–Kier alpha value is -3.83. The third-order valence-corrected chi connectivity index (χ3v) is 9.85. The summed E-state index contributed by atoms with van der Waals surface area (Å²) < 4.78 is 36.4. The Balaban J connectivity index is 1.42. The zero-order valence-corrected chi connectivity index (χ0v) is 25.2. The minimum atomic E-state index is -3.24. The molecule has 0 spiro atoms. The van der Waals surface area contributed by atoms with Gasteiger partial charge in [-0.05, 0) is 62.7 Å². The van der Waals surface area contributed by atoms with Gasteiger partial charge in [-0.1, -0.05) is 60.3 Å². The normalized spacial score (nSPS) is 21.0. The predicted octanol–water partition coefficient (Wildman–Crippen LogP) is 5.22. The Bertz CT molecular complexity index is 1560. The number of benzene rings is 3. The van der Waals surface area contributed by atoms with Crippen molar-refractivity contribution in [2.24, 2.45) is 4.99 Å². The average molecular weight is 608 g/mol. The molecule has 11 heteroatoms. The molecule has 0 saturated carbocycles. The van der Waals surface area contributed by atoms with Crippen LogP contribution in [0.3, 0.4) is 0 Å². The number of amidine groups is 1. The molecule has 2 amide bonds. The molecule has 2 heterocycles. The summed E-state index contributed by atoms with van der Waals surface area (Å²) in [7, 11) is -3.24. The van der Waals surface area contributed by atoms with Crippen LogP contribution in [0.2, 0.25) is 0 Å². The quantitative estimate of drug-likeness (QED) is 0.389. The lowest BCUT2D eigenvalue weighted by Crippen LogP contribution is -2.45. The number of amides is 2. The maximum Gasteiger partial charge on any atom is 0.408 e. The number of ether oxygens (including phenoxy) is 2. The number of carbonyl (C=O) groups excluding carboxylic acids is 2. The van der Waals surface area contributed by atoms with Crippen LogP contribution in [0.5, 0.6) is 11.5 Å². The molecule has 0 aromatic heterocycles. The van der Waals surface area contributed by atoms with E-state index in [1.54, 1.807) is 32.9 Å². The number of fused-ring (bicyclic) bond motifs is 1. The van der Waals surface area contributed by atoms with Gasteiger partial charge in [0.2, 0.25) is 0 Å². The molecule has 1 N–H and O–H groups in total. The molecule has 220 valence electrons. The first-order chi connectivity index (χ1) is 20.0. The number of nitrogens with one attached hydrogen (secondary N) is 1. The number of para-hydroxylation sites is 1. The summed E-state index contributed by atoms with van der Waals surface area (Å²) in [6.45, 7) is 5.24. The van der Waals surface area contributed by atoms with E-state index in [1.165, 1.54) is 11.8 Å². The molecule has 2 fully saturated rings. The van der Waals surface area contributed by atoms with E-state index in [4.69, 9.17) is 9.47 Å². The Kier molecular flexibility index (Phi) is 8.60. The molecule has 3 aromatic carbocycles. The number of alkyl carbamates (subject to hydrolysis) is 1. The van der Waals surface area contributed by atoms with Crippen molar-refractivity contribution in [1.29, 1.82) is 0 Å². The van der Waals surface area contributed by atoms with Gasteiger partial charge in [0.15, 0.2) is 15.0 Å². The topological polar surface area (TPSA) is 114 Å². The number of thioether (sulfide) groups is 1. The third-order valence-electron chi connectivity index (χ3n) is 6.64. The first kappa shape index (κ1) is 29.7. The van der Waals surface area contributed by atoms with Gasteiger partial charge >= 0.3 is 6.09 Å². The molecule has 5 rings (SSSR count). The number of anilines is 1. The van der Waals surface area contributed by atoms with E-state index in [2.05, 4.69) is 10.3 Å². The SMILES string of the molecule is CC(C)(C)OC(=O)N[C@@H](Cc1ccccc1)C(=O)N=C1S[C@H]2CS(=O)(=O)C[C@H]2N1c1ccc(Oc2ccccc2)cc1. The Labute approximate surface area is 250 Å². The van der Waals surface area contributed by atoms with Crippen LogP contribution in [0.4, 0.5) is 10.5 Å². The lowest BCUT2D eigenvalue weighted by Gasteiger charge is -2.25. The molecule has 9 nitrogen and oxygen atoms in total. The molecule has 2 saturated heterocycles. The highest BCUT2D eigenvalue weighted by Gasteiger charge is 2.49. The largest absolute Gasteiger partial charge is 0.457 e. The van der Waals surface area contributed by atoms with E-state index in [0.717, 1.165) is 5.56 Å². The van der Waals surface area contributed by atoms with Gasteiger partial charge in [-0.25, -0.2) is 13.2 Å². The molecule has 0 radical (unpaired) electrons. The van der Waals surface area contributed by atoms with E-state index in [1.807, 2.05) is 77.7 Å². The van der Waals surface area contributed by atoms with Gasteiger partial charge in [0.1, 0.15) is 23.1 Å². The molecule has 2 aliphatic heterocycles. The number of aliphatic imine (C=N–C) groups is 1. The van der Waals surface area contributed by atoms with Gasteiger partial charge < -0.3 is 19.7 Å². The summed E-state index contributed by atoms with van der Waals surface area (Å²) in [4.78, 5) is 32.6. The highest BCUT2D eigenvalue weighted by Crippen LogP contribution is 2.41. The molecular weight excluding hydrogens is 574 g/mol. The fourth-order valence-corrected chi connectivity index (χ4v) is 8.76. The van der Waals surface area contributed by atoms with E-state index >= 15 is 0 Å². The maximum atomic E-state index is 13.6. The van der Waals surface area contributed by atoms with Crippen molar-refractivity contribution in [2.45, 2.75) is 50.1 Å². The first-order valence-electron chi connectivity index (χ1n) is 13.6. The summed E-state index contributed by atoms with van der Waals surface area (Å²) in [6, 6.07) is 24.6. The van der Waals surface area contributed by atoms with E-state index < -0.39 is 33.5 Å². The summed E-state index contributed by atoms with van der Waals surface area (Å²) in [5.74, 6) is 0.725. The Morgan fingerprint density at radius 2 is 1.57 bits per heavy atom. The molecule has 2 aliphatic rings. The van der Waals surface area contributed by atoms with Crippen LogP contribution in [0, 0.1) is 0 Å². The summed E-state index contributed by atoms with van der Waals surface area (Å²) in [5, 5.41) is 2.81. The predicted molar refractivity (Wildman–Crippen MR) is 165 cm³/mol. The van der Waals surface area contributed by atoms with Crippen molar-refractivity contribution < 1.29 is 27.5 Å². The zero-order valence-electron chi connectivity index (χ0n) is 23.6. The fraction of sp³-hybridized carbons (Fsp3) is 0.323. The third kappa shape index (κ3) is 7.51. The molecule has 0 unspecified atom stereocenters. The second-order valence-corrected chi connectivity index (χ2v) is 14.6. The monoisotopic (exact) mass is 607 g/mol. The fourth-order valence-electron chi connectivity index (χ4n) is 4.84. The summed E-state index contributed by atoms with van der Waals surface area (Å²) in [6.07, 6.45) is -0.502. The van der Waals surface area contributed by atoms with Crippen LogP contribution in [0.15, 0.2) is 89.9 Å². The summed E-state index contributed by atoms with van der Waals surface area (Å²) in [5.41, 5.74) is 0.798. The minimum absolute atomic E-state index is 0.00481. The Morgan fingerprint density at radius 3 is 2.21 bits per heavy atom. The van der Waals surface area contributed by atoms with E-state index in [0.29, 0.717) is 22.4 Å². The number of rotatable bonds is 7. The van der Waals surface area contributed by atoms with Crippen molar-refractivity contribution in [2.75, 3.05) is 16.4 Å². The smallest absolute Gasteiger partial charge is 0.408 e. The number of hydrogen-bond donors (Lipinski definition) is 1. The van der Waals surface area contributed by atoms with E-state index in [-0.39, 0.29) is 29.2 Å². The first-order valence-corrected chi connectivity index (χ1v) is 16.3. The van der Waals surface area contributed by atoms with Gasteiger partial charge in [-0.15, -0.1) is 0 Å². The van der Waals surface area contributed by atoms with Crippen LogP contribution in [-0.2, 0) is 25.8 Å². The van der Waals surface area contributed by atoms with Crippen LogP contribution in [0.25, 0.3) is 0 Å². The second kappa shape index (κ2) is 12.2. The van der Waals surface area contributed by atoms with E-state index in [9.17, 15) is 18.0 Å². The lowest BCUT2D eigenvalue weighted by molar-refractivity contribution is -0.119. The summed E-state index contributed by atoms with van der Waals surface area (Å²) >= 11 is 1.27.